The van der Waals surface area contributed by atoms with Crippen molar-refractivity contribution in [2.45, 2.75) is 19.3 Å². The maximum atomic E-state index is 2.46. The molecule has 0 N–H and O–H groups in total. The molecule has 4 heterocycles. The second-order valence-corrected chi connectivity index (χ2v) is 10.5. The summed E-state index contributed by atoms with van der Waals surface area (Å²) >= 11 is 7.67. The zero-order chi connectivity index (χ0) is 16.4. The van der Waals surface area contributed by atoms with Gasteiger partial charge in [0.1, 0.15) is 0 Å². The standard InChI is InChI=1S/C21H14S4/c1-4-12-13(5-1)15-11-19(17-7-3-9-23-17)25-21(15)20-14(12)10-18(24-20)16-6-2-8-22-16/h2-3,6-11H,1,4-5H2. The highest BCUT2D eigenvalue weighted by atomic mass is 32.1. The van der Waals surface area contributed by atoms with Gasteiger partial charge in [0, 0.05) is 19.5 Å². The van der Waals surface area contributed by atoms with Crippen LogP contribution in [0.2, 0.25) is 0 Å². The fourth-order valence-electron chi connectivity index (χ4n) is 3.99. The molecular formula is C21H14S4. The van der Waals surface area contributed by atoms with Gasteiger partial charge in [0.05, 0.1) is 9.40 Å². The summed E-state index contributed by atoms with van der Waals surface area (Å²) < 4.78 is 3.01. The van der Waals surface area contributed by atoms with Gasteiger partial charge in [-0.2, -0.15) is 0 Å². The van der Waals surface area contributed by atoms with E-state index in [1.807, 2.05) is 45.3 Å². The van der Waals surface area contributed by atoms with Crippen molar-refractivity contribution in [1.82, 2.24) is 0 Å². The van der Waals surface area contributed by atoms with Crippen LogP contribution in [0.15, 0.2) is 47.2 Å². The van der Waals surface area contributed by atoms with Gasteiger partial charge in [0.2, 0.25) is 0 Å². The lowest BCUT2D eigenvalue weighted by Gasteiger charge is -2.03. The summed E-state index contributed by atoms with van der Waals surface area (Å²) in [6.07, 6.45) is 3.79. The lowest BCUT2D eigenvalue weighted by atomic mass is 10.0. The highest BCUT2D eigenvalue weighted by Gasteiger charge is 2.23. The van der Waals surface area contributed by atoms with Gasteiger partial charge < -0.3 is 0 Å². The molecule has 0 aliphatic heterocycles. The number of rotatable bonds is 2. The van der Waals surface area contributed by atoms with Gasteiger partial charge in [-0.05, 0) is 76.2 Å². The summed E-state index contributed by atoms with van der Waals surface area (Å²) in [5.41, 5.74) is 3.24. The monoisotopic (exact) mass is 394 g/mol. The third-order valence-corrected chi connectivity index (χ3v) is 9.63. The minimum absolute atomic E-state index is 1.24. The molecule has 0 bridgehead atoms. The van der Waals surface area contributed by atoms with Crippen LogP contribution in [-0.4, -0.2) is 0 Å². The molecule has 5 aromatic rings. The minimum Gasteiger partial charge on any atom is -0.143 e. The molecule has 1 aliphatic rings. The van der Waals surface area contributed by atoms with Gasteiger partial charge in [-0.15, -0.1) is 45.3 Å². The number of benzene rings is 1. The number of fused-ring (bicyclic) bond motifs is 6. The summed E-state index contributed by atoms with van der Waals surface area (Å²) in [5.74, 6) is 0. The Labute approximate surface area is 162 Å². The number of hydrogen-bond acceptors (Lipinski definition) is 4. The summed E-state index contributed by atoms with van der Waals surface area (Å²) in [7, 11) is 0. The zero-order valence-electron chi connectivity index (χ0n) is 13.4. The van der Waals surface area contributed by atoms with Crippen LogP contribution in [0.3, 0.4) is 0 Å². The van der Waals surface area contributed by atoms with Crippen molar-refractivity contribution >= 4 is 65.5 Å². The summed E-state index contributed by atoms with van der Waals surface area (Å²) in [6.45, 7) is 0. The van der Waals surface area contributed by atoms with Gasteiger partial charge in [0.25, 0.3) is 0 Å². The molecule has 6 rings (SSSR count). The zero-order valence-corrected chi connectivity index (χ0v) is 16.6. The molecule has 1 aromatic carbocycles. The van der Waals surface area contributed by atoms with E-state index in [0.29, 0.717) is 0 Å². The Morgan fingerprint density at radius 1 is 0.640 bits per heavy atom. The topological polar surface area (TPSA) is 0 Å². The summed E-state index contributed by atoms with van der Waals surface area (Å²) in [4.78, 5) is 5.66. The Hall–Kier alpha value is -1.46. The van der Waals surface area contributed by atoms with Gasteiger partial charge in [-0.3, -0.25) is 0 Å². The molecule has 25 heavy (non-hydrogen) atoms. The van der Waals surface area contributed by atoms with Crippen molar-refractivity contribution in [3.05, 3.63) is 58.3 Å². The van der Waals surface area contributed by atoms with E-state index >= 15 is 0 Å². The molecule has 0 atom stereocenters. The largest absolute Gasteiger partial charge is 0.143 e. The number of thiophene rings is 4. The van der Waals surface area contributed by atoms with Crippen LogP contribution in [0.25, 0.3) is 39.7 Å². The molecule has 0 saturated heterocycles. The van der Waals surface area contributed by atoms with Crippen LogP contribution in [-0.2, 0) is 12.8 Å². The van der Waals surface area contributed by atoms with Crippen molar-refractivity contribution in [2.75, 3.05) is 0 Å². The molecule has 0 nitrogen and oxygen atoms in total. The Morgan fingerprint density at radius 2 is 1.16 bits per heavy atom. The summed E-state index contributed by atoms with van der Waals surface area (Å²) in [6, 6.07) is 13.7. The SMILES string of the molecule is c1csc(-c2cc3c4c(c5cc(-c6cccs6)sc5c3s2)CCC4)c1. The van der Waals surface area contributed by atoms with Gasteiger partial charge in [-0.25, -0.2) is 0 Å². The Kier molecular flexibility index (Phi) is 3.24. The van der Waals surface area contributed by atoms with Crippen molar-refractivity contribution < 1.29 is 0 Å². The van der Waals surface area contributed by atoms with E-state index in [2.05, 4.69) is 47.2 Å². The van der Waals surface area contributed by atoms with E-state index in [-0.39, 0.29) is 0 Å². The quantitative estimate of drug-likeness (QED) is 0.284. The van der Waals surface area contributed by atoms with Gasteiger partial charge in [0.15, 0.2) is 0 Å². The van der Waals surface area contributed by atoms with Crippen molar-refractivity contribution in [3.63, 3.8) is 0 Å². The molecule has 0 amide bonds. The molecule has 0 unspecified atom stereocenters. The van der Waals surface area contributed by atoms with Gasteiger partial charge >= 0.3 is 0 Å². The molecule has 4 heteroatoms. The van der Waals surface area contributed by atoms with E-state index in [1.54, 1.807) is 11.1 Å². The molecule has 4 aromatic heterocycles. The second kappa shape index (κ2) is 5.52. The number of hydrogen-bond donors (Lipinski definition) is 0. The maximum Gasteiger partial charge on any atom is 0.0531 e. The fourth-order valence-corrected chi connectivity index (χ4v) is 8.17. The van der Waals surface area contributed by atoms with E-state index in [1.165, 1.54) is 58.9 Å². The van der Waals surface area contributed by atoms with E-state index in [0.717, 1.165) is 0 Å². The van der Waals surface area contributed by atoms with Crippen LogP contribution in [0.4, 0.5) is 0 Å². The average Bonchev–Trinajstić information content (AvgIpc) is 3.46. The Balaban J connectivity index is 1.71. The predicted octanol–water partition coefficient (Wildman–Crippen LogP) is 8.06. The highest BCUT2D eigenvalue weighted by Crippen LogP contribution is 2.49. The average molecular weight is 395 g/mol. The van der Waals surface area contributed by atoms with Crippen LogP contribution >= 0.6 is 45.3 Å². The molecule has 0 radical (unpaired) electrons. The highest BCUT2D eigenvalue weighted by molar-refractivity contribution is 7.32. The van der Waals surface area contributed by atoms with Crippen molar-refractivity contribution in [1.29, 1.82) is 0 Å². The molecule has 0 saturated carbocycles. The number of aryl methyl sites for hydroxylation is 2. The minimum atomic E-state index is 1.24. The third-order valence-electron chi connectivity index (χ3n) is 5.07. The van der Waals surface area contributed by atoms with Crippen LogP contribution in [0, 0.1) is 0 Å². The lowest BCUT2D eigenvalue weighted by Crippen LogP contribution is -1.83. The molecule has 122 valence electrons. The smallest absolute Gasteiger partial charge is 0.0531 e. The van der Waals surface area contributed by atoms with Crippen LogP contribution in [0.1, 0.15) is 17.5 Å². The fraction of sp³-hybridized carbons (Fsp3) is 0.143. The lowest BCUT2D eigenvalue weighted by molar-refractivity contribution is 0.915. The maximum absolute atomic E-state index is 2.46. The first-order chi connectivity index (χ1) is 12.4. The second-order valence-electron chi connectivity index (χ2n) is 6.47. The van der Waals surface area contributed by atoms with E-state index in [4.69, 9.17) is 0 Å². The van der Waals surface area contributed by atoms with E-state index < -0.39 is 0 Å². The van der Waals surface area contributed by atoms with Crippen LogP contribution < -0.4 is 0 Å². The van der Waals surface area contributed by atoms with Crippen molar-refractivity contribution in [3.8, 4) is 19.5 Å². The van der Waals surface area contributed by atoms with Crippen molar-refractivity contribution in [2.24, 2.45) is 0 Å². The van der Waals surface area contributed by atoms with Crippen LogP contribution in [0.5, 0.6) is 0 Å². The first kappa shape index (κ1) is 14.7. The summed E-state index contributed by atoms with van der Waals surface area (Å²) in [5, 5.41) is 7.40. The van der Waals surface area contributed by atoms with E-state index in [9.17, 15) is 0 Å². The predicted molar refractivity (Wildman–Crippen MR) is 116 cm³/mol. The molecule has 0 fully saturated rings. The third kappa shape index (κ3) is 2.15. The first-order valence-corrected chi connectivity index (χ1v) is 11.9. The Morgan fingerprint density at radius 3 is 1.60 bits per heavy atom. The normalized spacial score (nSPS) is 13.9. The first-order valence-electron chi connectivity index (χ1n) is 8.47. The molecule has 0 spiro atoms. The Bertz CT molecular complexity index is 1100. The van der Waals surface area contributed by atoms with Gasteiger partial charge in [-0.1, -0.05) is 12.1 Å². The molecular weight excluding hydrogens is 380 g/mol. The molecule has 1 aliphatic carbocycles.